The van der Waals surface area contributed by atoms with Crippen LogP contribution in [0.3, 0.4) is 0 Å². The lowest BCUT2D eigenvalue weighted by Gasteiger charge is -2.31. The molecule has 2 heterocycles. The van der Waals surface area contributed by atoms with Crippen LogP contribution in [0.25, 0.3) is 0 Å². The molecule has 4 nitrogen and oxygen atoms in total. The molecule has 2 N–H and O–H groups in total. The summed E-state index contributed by atoms with van der Waals surface area (Å²) < 4.78 is 0. The third-order valence-electron chi connectivity index (χ3n) is 5.19. The van der Waals surface area contributed by atoms with E-state index < -0.39 is 5.92 Å². The third-order valence-corrected chi connectivity index (χ3v) is 6.35. The number of allylic oxidation sites excluding steroid dienone is 2. The molecule has 0 aliphatic carbocycles. The zero-order chi connectivity index (χ0) is 20.1. The minimum Gasteiger partial charge on any atom is -0.384 e. The van der Waals surface area contributed by atoms with Crippen molar-refractivity contribution in [2.24, 2.45) is 5.73 Å². The molecule has 2 aromatic carbocycles. The Balaban J connectivity index is 1.89. The fraction of sp³-hybridized carbons (Fsp3) is 0.217. The Labute approximate surface area is 169 Å². The Hall–Kier alpha value is -3.15. The molecule has 0 saturated heterocycles. The van der Waals surface area contributed by atoms with Gasteiger partial charge in [0, 0.05) is 4.90 Å². The van der Waals surface area contributed by atoms with Crippen molar-refractivity contribution in [1.82, 2.24) is 0 Å². The van der Waals surface area contributed by atoms with Crippen LogP contribution in [0.15, 0.2) is 75.4 Å². The van der Waals surface area contributed by atoms with Crippen molar-refractivity contribution < 1.29 is 0 Å². The lowest BCUT2D eigenvalue weighted by Crippen LogP contribution is -2.32. The van der Waals surface area contributed by atoms with Gasteiger partial charge in [0.1, 0.15) is 10.9 Å². The molecule has 4 rings (SSSR count). The van der Waals surface area contributed by atoms with E-state index in [0.29, 0.717) is 17.0 Å². The predicted molar refractivity (Wildman–Crippen MR) is 112 cm³/mol. The second kappa shape index (κ2) is 6.48. The lowest BCUT2D eigenvalue weighted by molar-refractivity contribution is 0.590. The van der Waals surface area contributed by atoms with Gasteiger partial charge in [-0.1, -0.05) is 68.9 Å². The van der Waals surface area contributed by atoms with Crippen molar-refractivity contribution in [3.8, 4) is 12.1 Å². The summed E-state index contributed by atoms with van der Waals surface area (Å²) in [5.41, 5.74) is 10.5. The Kier molecular flexibility index (Phi) is 4.22. The zero-order valence-electron chi connectivity index (χ0n) is 16.0. The largest absolute Gasteiger partial charge is 0.384 e. The summed E-state index contributed by atoms with van der Waals surface area (Å²) in [6.07, 6.45) is 0. The number of thioether (sulfide) groups is 1. The summed E-state index contributed by atoms with van der Waals surface area (Å²) in [6, 6.07) is 20.7. The van der Waals surface area contributed by atoms with Gasteiger partial charge in [0.25, 0.3) is 0 Å². The second-order valence-corrected chi connectivity index (χ2v) is 8.98. The molecule has 0 unspecified atom stereocenters. The molecular formula is C23H20N4S. The molecule has 2 aliphatic heterocycles. The summed E-state index contributed by atoms with van der Waals surface area (Å²) in [5, 5.41) is 20.7. The fourth-order valence-corrected chi connectivity index (χ4v) is 4.86. The van der Waals surface area contributed by atoms with Crippen molar-refractivity contribution in [3.63, 3.8) is 0 Å². The van der Waals surface area contributed by atoms with E-state index in [1.807, 2.05) is 41.3 Å². The highest BCUT2D eigenvalue weighted by atomic mass is 32.2. The predicted octanol–water partition coefficient (Wildman–Crippen LogP) is 5.12. The van der Waals surface area contributed by atoms with Gasteiger partial charge in [0.05, 0.1) is 34.9 Å². The van der Waals surface area contributed by atoms with Gasteiger partial charge in [0.15, 0.2) is 0 Å². The number of fused-ring (bicyclic) bond motifs is 3. The molecule has 0 radical (unpaired) electrons. The molecule has 0 saturated carbocycles. The molecule has 0 aromatic heterocycles. The van der Waals surface area contributed by atoms with Crippen LogP contribution in [0.2, 0.25) is 0 Å². The standard InChI is InChI=1S/C23H20N4S/c1-23(2,3)15-10-8-14(9-11-15)20-16(12-24)21(26)27-18-6-4-5-7-19(18)28-22(27)17(20)13-25/h4-11,20H,26H2,1-3H3/t20-/m0/s1. The molecular weight excluding hydrogens is 364 g/mol. The fourth-order valence-electron chi connectivity index (χ4n) is 3.68. The molecule has 0 fully saturated rings. The molecule has 0 amide bonds. The summed E-state index contributed by atoms with van der Waals surface area (Å²) in [4.78, 5) is 2.88. The van der Waals surface area contributed by atoms with Crippen LogP contribution in [-0.2, 0) is 5.41 Å². The number of hydrogen-bond donors (Lipinski definition) is 1. The van der Waals surface area contributed by atoms with E-state index in [1.54, 1.807) is 0 Å². The summed E-state index contributed by atoms with van der Waals surface area (Å²) in [6.45, 7) is 6.48. The van der Waals surface area contributed by atoms with Crippen molar-refractivity contribution >= 4 is 17.4 Å². The van der Waals surface area contributed by atoms with E-state index in [-0.39, 0.29) is 5.41 Å². The van der Waals surface area contributed by atoms with Gasteiger partial charge in [-0.05, 0) is 28.7 Å². The van der Waals surface area contributed by atoms with E-state index in [1.165, 1.54) is 17.3 Å². The van der Waals surface area contributed by atoms with Crippen LogP contribution in [0, 0.1) is 22.7 Å². The van der Waals surface area contributed by atoms with Crippen LogP contribution in [0.1, 0.15) is 37.8 Å². The number of nitrogens with two attached hydrogens (primary N) is 1. The lowest BCUT2D eigenvalue weighted by atomic mass is 9.81. The molecule has 28 heavy (non-hydrogen) atoms. The van der Waals surface area contributed by atoms with Gasteiger partial charge in [-0.15, -0.1) is 0 Å². The van der Waals surface area contributed by atoms with E-state index >= 15 is 0 Å². The van der Waals surface area contributed by atoms with Crippen molar-refractivity contribution in [1.29, 1.82) is 10.5 Å². The maximum absolute atomic E-state index is 10.0. The van der Waals surface area contributed by atoms with Crippen LogP contribution in [0.4, 0.5) is 5.69 Å². The smallest absolute Gasteiger partial charge is 0.123 e. The Morgan fingerprint density at radius 2 is 1.61 bits per heavy atom. The molecule has 138 valence electrons. The van der Waals surface area contributed by atoms with E-state index in [4.69, 9.17) is 5.73 Å². The van der Waals surface area contributed by atoms with Crippen molar-refractivity contribution in [2.45, 2.75) is 37.0 Å². The van der Waals surface area contributed by atoms with Gasteiger partial charge in [-0.3, -0.25) is 4.90 Å². The molecule has 1 atom stereocenters. The first-order valence-corrected chi connectivity index (χ1v) is 9.90. The Bertz CT molecular complexity index is 1110. The van der Waals surface area contributed by atoms with Crippen LogP contribution in [0.5, 0.6) is 0 Å². The number of benzene rings is 2. The molecule has 2 aliphatic rings. The van der Waals surface area contributed by atoms with Crippen molar-refractivity contribution in [3.05, 3.63) is 81.7 Å². The maximum Gasteiger partial charge on any atom is 0.123 e. The topological polar surface area (TPSA) is 76.8 Å². The number of hydrogen-bond acceptors (Lipinski definition) is 5. The average Bonchev–Trinajstić information content (AvgIpc) is 3.07. The highest BCUT2D eigenvalue weighted by Gasteiger charge is 2.40. The van der Waals surface area contributed by atoms with Gasteiger partial charge in [-0.2, -0.15) is 10.5 Å². The zero-order valence-corrected chi connectivity index (χ0v) is 16.8. The van der Waals surface area contributed by atoms with Crippen LogP contribution in [-0.4, -0.2) is 0 Å². The number of nitrogens with zero attached hydrogens (tertiary/aromatic N) is 3. The normalized spacial score (nSPS) is 18.5. The average molecular weight is 385 g/mol. The number of rotatable bonds is 1. The number of para-hydroxylation sites is 1. The number of nitriles is 2. The minimum atomic E-state index is -0.447. The first kappa shape index (κ1) is 18.2. The van der Waals surface area contributed by atoms with Gasteiger partial charge in [-0.25, -0.2) is 0 Å². The monoisotopic (exact) mass is 384 g/mol. The molecule has 2 aromatic rings. The van der Waals surface area contributed by atoms with Crippen LogP contribution < -0.4 is 10.6 Å². The summed E-state index contributed by atoms with van der Waals surface area (Å²) in [7, 11) is 0. The minimum absolute atomic E-state index is 0.0360. The third kappa shape index (κ3) is 2.68. The first-order valence-electron chi connectivity index (χ1n) is 9.08. The summed E-state index contributed by atoms with van der Waals surface area (Å²) in [5.74, 6) is -0.0454. The van der Waals surface area contributed by atoms with Gasteiger partial charge >= 0.3 is 0 Å². The molecule has 0 spiro atoms. The van der Waals surface area contributed by atoms with Crippen LogP contribution >= 0.6 is 11.8 Å². The Morgan fingerprint density at radius 3 is 2.21 bits per heavy atom. The molecule has 5 heteroatoms. The molecule has 0 bridgehead atoms. The first-order chi connectivity index (χ1) is 13.4. The quantitative estimate of drug-likeness (QED) is 0.738. The highest BCUT2D eigenvalue weighted by molar-refractivity contribution is 8.03. The highest BCUT2D eigenvalue weighted by Crippen LogP contribution is 2.54. The van der Waals surface area contributed by atoms with Gasteiger partial charge < -0.3 is 5.73 Å². The maximum atomic E-state index is 10.0. The SMILES string of the molecule is CC(C)(C)c1ccc([C@H]2C(C#N)=C(N)N3C(=C2C#N)Sc2ccccc23)cc1. The Morgan fingerprint density at radius 1 is 0.964 bits per heavy atom. The summed E-state index contributed by atoms with van der Waals surface area (Å²) >= 11 is 1.53. The second-order valence-electron chi connectivity index (χ2n) is 7.95. The van der Waals surface area contributed by atoms with E-state index in [0.717, 1.165) is 21.2 Å². The van der Waals surface area contributed by atoms with E-state index in [9.17, 15) is 10.5 Å². The van der Waals surface area contributed by atoms with Crippen molar-refractivity contribution in [2.75, 3.05) is 4.90 Å². The number of anilines is 1. The van der Waals surface area contributed by atoms with Gasteiger partial charge in [0.2, 0.25) is 0 Å². The van der Waals surface area contributed by atoms with E-state index in [2.05, 4.69) is 45.0 Å².